The molecule has 1 aromatic heterocycles. The van der Waals surface area contributed by atoms with Gasteiger partial charge in [-0.3, -0.25) is 9.89 Å². The molecule has 2 heterocycles. The van der Waals surface area contributed by atoms with Gasteiger partial charge in [0.2, 0.25) is 0 Å². The molecule has 1 unspecified atom stereocenters. The van der Waals surface area contributed by atoms with E-state index in [-0.39, 0.29) is 0 Å². The summed E-state index contributed by atoms with van der Waals surface area (Å²) >= 11 is 1.90. The van der Waals surface area contributed by atoms with Gasteiger partial charge in [0.25, 0.3) is 0 Å². The van der Waals surface area contributed by atoms with Crippen LogP contribution in [0.2, 0.25) is 0 Å². The van der Waals surface area contributed by atoms with Gasteiger partial charge in [0.1, 0.15) is 5.01 Å². The van der Waals surface area contributed by atoms with Crippen LogP contribution in [0.5, 0.6) is 0 Å². The molecule has 1 N–H and O–H groups in total. The number of aryl methyl sites for hydroxylation is 2. The molecule has 1 atom stereocenters. The molecule has 0 aromatic carbocycles. The van der Waals surface area contributed by atoms with Gasteiger partial charge in [0.05, 0.1) is 18.8 Å². The maximum atomic E-state index is 4.94. The van der Waals surface area contributed by atoms with E-state index in [2.05, 4.69) is 48.1 Å². The van der Waals surface area contributed by atoms with Gasteiger partial charge in [-0.05, 0) is 46.7 Å². The third-order valence-electron chi connectivity index (χ3n) is 5.39. The van der Waals surface area contributed by atoms with E-state index < -0.39 is 0 Å². The van der Waals surface area contributed by atoms with Crippen molar-refractivity contribution in [3.8, 4) is 0 Å². The number of guanidine groups is 1. The fourth-order valence-corrected chi connectivity index (χ4v) is 4.92. The average molecular weight is 379 g/mol. The monoisotopic (exact) mass is 378 g/mol. The second-order valence-electron chi connectivity index (χ2n) is 7.63. The van der Waals surface area contributed by atoms with Gasteiger partial charge in [-0.2, -0.15) is 0 Å². The Balaban J connectivity index is 1.63. The Hall–Kier alpha value is -1.18. The number of hydrogen-bond donors (Lipinski definition) is 1. The van der Waals surface area contributed by atoms with Crippen LogP contribution in [0.25, 0.3) is 0 Å². The molecule has 1 aromatic rings. The number of nitrogens with one attached hydrogen (secondary N) is 1. The lowest BCUT2D eigenvalue weighted by atomic mass is 10.0. The molecular weight excluding hydrogens is 344 g/mol. The Morgan fingerprint density at radius 2 is 2.12 bits per heavy atom. The molecule has 1 aliphatic heterocycles. The van der Waals surface area contributed by atoms with Gasteiger partial charge < -0.3 is 15.1 Å². The van der Waals surface area contributed by atoms with Crippen LogP contribution in [0.15, 0.2) is 4.99 Å². The molecule has 0 bridgehead atoms. The summed E-state index contributed by atoms with van der Waals surface area (Å²) in [5.41, 5.74) is 1.35. The van der Waals surface area contributed by atoms with E-state index in [1.165, 1.54) is 34.8 Å². The van der Waals surface area contributed by atoms with Crippen LogP contribution in [-0.2, 0) is 19.4 Å². The van der Waals surface area contributed by atoms with Crippen molar-refractivity contribution in [3.63, 3.8) is 0 Å². The molecule has 6 nitrogen and oxygen atoms in total. The first-order valence-electron chi connectivity index (χ1n) is 9.92. The Bertz CT molecular complexity index is 590. The second-order valence-corrected chi connectivity index (χ2v) is 8.80. The molecule has 7 heteroatoms. The van der Waals surface area contributed by atoms with Crippen molar-refractivity contribution in [1.29, 1.82) is 0 Å². The highest BCUT2D eigenvalue weighted by molar-refractivity contribution is 7.11. The number of aliphatic imine (C=N–C) groups is 1. The quantitative estimate of drug-likeness (QED) is 0.624. The van der Waals surface area contributed by atoms with Crippen molar-refractivity contribution < 1.29 is 0 Å². The van der Waals surface area contributed by atoms with Crippen LogP contribution in [0.1, 0.15) is 35.3 Å². The maximum absolute atomic E-state index is 4.94. The zero-order chi connectivity index (χ0) is 18.5. The standard InChI is InChI=1S/C19H34N6S/c1-5-20-19(21-12-15-13-23(2)10-11-24(15)3)25(4)14-18-22-16-8-6-7-9-17(16)26-18/h15H,5-14H2,1-4H3,(H,20,21). The van der Waals surface area contributed by atoms with Crippen molar-refractivity contribution in [2.24, 2.45) is 4.99 Å². The van der Waals surface area contributed by atoms with E-state index in [4.69, 9.17) is 9.98 Å². The van der Waals surface area contributed by atoms with Gasteiger partial charge in [0, 0.05) is 44.1 Å². The molecular formula is C19H34N6S. The molecule has 0 radical (unpaired) electrons. The summed E-state index contributed by atoms with van der Waals surface area (Å²) in [6.07, 6.45) is 4.98. The molecule has 0 amide bonds. The van der Waals surface area contributed by atoms with Gasteiger partial charge in [0.15, 0.2) is 5.96 Å². The highest BCUT2D eigenvalue weighted by Crippen LogP contribution is 2.27. The third kappa shape index (κ3) is 4.96. The summed E-state index contributed by atoms with van der Waals surface area (Å²) in [5.74, 6) is 0.988. The van der Waals surface area contributed by atoms with Crippen LogP contribution in [0, 0.1) is 0 Å². The van der Waals surface area contributed by atoms with Crippen LogP contribution >= 0.6 is 11.3 Å². The number of piperazine rings is 1. The van der Waals surface area contributed by atoms with Crippen molar-refractivity contribution >= 4 is 17.3 Å². The summed E-state index contributed by atoms with van der Waals surface area (Å²) in [5, 5.41) is 4.67. The number of aromatic nitrogens is 1. The van der Waals surface area contributed by atoms with E-state index in [1.807, 2.05) is 11.3 Å². The van der Waals surface area contributed by atoms with E-state index in [9.17, 15) is 0 Å². The Kier molecular flexibility index (Phi) is 6.89. The minimum absolute atomic E-state index is 0.489. The van der Waals surface area contributed by atoms with Crippen LogP contribution in [-0.4, -0.2) is 85.6 Å². The molecule has 3 rings (SSSR count). The number of hydrogen-bond acceptors (Lipinski definition) is 5. The molecule has 2 aliphatic rings. The summed E-state index contributed by atoms with van der Waals surface area (Å²) in [4.78, 5) is 18.4. The SMILES string of the molecule is CCNC(=NCC1CN(C)CCN1C)N(C)Cc1nc2c(s1)CCCC2. The maximum Gasteiger partial charge on any atom is 0.194 e. The minimum atomic E-state index is 0.489. The molecule has 0 spiro atoms. The number of rotatable bonds is 5. The predicted molar refractivity (Wildman–Crippen MR) is 110 cm³/mol. The second kappa shape index (κ2) is 9.15. The summed E-state index contributed by atoms with van der Waals surface area (Å²) < 4.78 is 0. The predicted octanol–water partition coefficient (Wildman–Crippen LogP) is 1.67. The van der Waals surface area contributed by atoms with E-state index in [0.29, 0.717) is 6.04 Å². The lowest BCUT2D eigenvalue weighted by Crippen LogP contribution is -2.51. The van der Waals surface area contributed by atoms with E-state index >= 15 is 0 Å². The number of nitrogens with zero attached hydrogens (tertiary/aromatic N) is 5. The van der Waals surface area contributed by atoms with Gasteiger partial charge in [-0.15, -0.1) is 11.3 Å². The van der Waals surface area contributed by atoms with Crippen LogP contribution in [0.4, 0.5) is 0 Å². The molecule has 1 saturated heterocycles. The van der Waals surface area contributed by atoms with Gasteiger partial charge in [-0.1, -0.05) is 0 Å². The van der Waals surface area contributed by atoms with E-state index in [0.717, 1.165) is 51.6 Å². The zero-order valence-corrected chi connectivity index (χ0v) is 17.6. The van der Waals surface area contributed by atoms with Crippen molar-refractivity contribution in [2.45, 2.75) is 45.2 Å². The normalized spacial score (nSPS) is 22.3. The largest absolute Gasteiger partial charge is 0.357 e. The molecule has 26 heavy (non-hydrogen) atoms. The molecule has 0 saturated carbocycles. The van der Waals surface area contributed by atoms with E-state index in [1.54, 1.807) is 0 Å². The number of fused-ring (bicyclic) bond motifs is 1. The first-order chi connectivity index (χ1) is 12.6. The summed E-state index contributed by atoms with van der Waals surface area (Å²) in [7, 11) is 6.54. The summed E-state index contributed by atoms with van der Waals surface area (Å²) in [6.45, 7) is 8.04. The van der Waals surface area contributed by atoms with Crippen LogP contribution < -0.4 is 5.32 Å². The Morgan fingerprint density at radius 1 is 1.31 bits per heavy atom. The van der Waals surface area contributed by atoms with Gasteiger partial charge >= 0.3 is 0 Å². The molecule has 146 valence electrons. The zero-order valence-electron chi connectivity index (χ0n) is 16.8. The molecule has 1 fully saturated rings. The van der Waals surface area contributed by atoms with Gasteiger partial charge in [-0.25, -0.2) is 4.98 Å². The first-order valence-corrected chi connectivity index (χ1v) is 10.7. The molecule has 1 aliphatic carbocycles. The lowest BCUT2D eigenvalue weighted by molar-refractivity contribution is 0.119. The average Bonchev–Trinajstić information content (AvgIpc) is 3.03. The summed E-state index contributed by atoms with van der Waals surface area (Å²) in [6, 6.07) is 0.489. The third-order valence-corrected chi connectivity index (χ3v) is 6.53. The van der Waals surface area contributed by atoms with Crippen molar-refractivity contribution in [1.82, 2.24) is 25.0 Å². The smallest absolute Gasteiger partial charge is 0.194 e. The number of thiazole rings is 1. The minimum Gasteiger partial charge on any atom is -0.357 e. The Labute approximate surface area is 162 Å². The fourth-order valence-electron chi connectivity index (χ4n) is 3.71. The fraction of sp³-hybridized carbons (Fsp3) is 0.789. The van der Waals surface area contributed by atoms with Crippen LogP contribution in [0.3, 0.4) is 0 Å². The van der Waals surface area contributed by atoms with Crippen molar-refractivity contribution in [2.75, 3.05) is 53.9 Å². The highest BCUT2D eigenvalue weighted by atomic mass is 32.1. The van der Waals surface area contributed by atoms with Crippen molar-refractivity contribution in [3.05, 3.63) is 15.6 Å². The Morgan fingerprint density at radius 3 is 2.88 bits per heavy atom. The number of likely N-dealkylation sites (N-methyl/N-ethyl adjacent to an activating group) is 2. The topological polar surface area (TPSA) is 47.0 Å². The highest BCUT2D eigenvalue weighted by Gasteiger charge is 2.22. The first kappa shape index (κ1) is 19.6. The lowest BCUT2D eigenvalue weighted by Gasteiger charge is -2.37.